The molecule has 1 aromatic rings. The van der Waals surface area contributed by atoms with Crippen LogP contribution in [0.25, 0.3) is 0 Å². The molecule has 0 fully saturated rings. The quantitative estimate of drug-likeness (QED) is 0.804. The SMILES string of the molecule is Cc1cccc(C(N)=S)c1N(CC(C)C)CC(C)C. The molecule has 0 atom stereocenters. The number of thiocarbonyl (C=S) groups is 1. The van der Waals surface area contributed by atoms with Crippen molar-refractivity contribution in [2.75, 3.05) is 18.0 Å². The molecule has 3 heteroatoms. The Bertz CT molecular complexity index is 428. The summed E-state index contributed by atoms with van der Waals surface area (Å²) in [5.41, 5.74) is 9.33. The van der Waals surface area contributed by atoms with Crippen LogP contribution in [0.5, 0.6) is 0 Å². The van der Waals surface area contributed by atoms with Gasteiger partial charge in [0.1, 0.15) is 4.99 Å². The summed E-state index contributed by atoms with van der Waals surface area (Å²) in [5.74, 6) is 1.22. The van der Waals surface area contributed by atoms with E-state index < -0.39 is 0 Å². The van der Waals surface area contributed by atoms with Crippen LogP contribution in [0, 0.1) is 18.8 Å². The second kappa shape index (κ2) is 6.90. The fourth-order valence-corrected chi connectivity index (χ4v) is 2.58. The molecule has 0 saturated carbocycles. The van der Waals surface area contributed by atoms with E-state index in [-0.39, 0.29) is 0 Å². The predicted octanol–water partition coefficient (Wildman–Crippen LogP) is 3.75. The molecule has 0 aliphatic carbocycles. The average molecular weight is 278 g/mol. The third kappa shape index (κ3) is 4.50. The Morgan fingerprint density at radius 3 is 2.11 bits per heavy atom. The smallest absolute Gasteiger partial charge is 0.106 e. The first-order chi connectivity index (χ1) is 8.82. The summed E-state index contributed by atoms with van der Waals surface area (Å²) < 4.78 is 0. The van der Waals surface area contributed by atoms with Gasteiger partial charge in [0.25, 0.3) is 0 Å². The van der Waals surface area contributed by atoms with E-state index in [1.54, 1.807) is 0 Å². The third-order valence-electron chi connectivity index (χ3n) is 2.99. The molecule has 1 rings (SSSR count). The lowest BCUT2D eigenvalue weighted by Crippen LogP contribution is -2.33. The molecule has 0 spiro atoms. The summed E-state index contributed by atoms with van der Waals surface area (Å²) in [6.07, 6.45) is 0. The van der Waals surface area contributed by atoms with Gasteiger partial charge in [-0.05, 0) is 30.4 Å². The van der Waals surface area contributed by atoms with Gasteiger partial charge >= 0.3 is 0 Å². The van der Waals surface area contributed by atoms with Gasteiger partial charge in [0, 0.05) is 24.3 Å². The standard InChI is InChI=1S/C16H26N2S/c1-11(2)9-18(10-12(3)4)15-13(5)7-6-8-14(15)16(17)19/h6-8,11-12H,9-10H2,1-5H3,(H2,17,19). The van der Waals surface area contributed by atoms with Gasteiger partial charge in [0.15, 0.2) is 0 Å². The highest BCUT2D eigenvalue weighted by molar-refractivity contribution is 7.80. The zero-order valence-corrected chi connectivity index (χ0v) is 13.6. The average Bonchev–Trinajstić information content (AvgIpc) is 2.26. The molecule has 2 N–H and O–H groups in total. The second-order valence-corrected chi connectivity index (χ2v) is 6.47. The largest absolute Gasteiger partial charge is 0.389 e. The third-order valence-corrected chi connectivity index (χ3v) is 3.21. The first kappa shape index (κ1) is 16.0. The van der Waals surface area contributed by atoms with Gasteiger partial charge in [-0.25, -0.2) is 0 Å². The van der Waals surface area contributed by atoms with E-state index in [2.05, 4.69) is 45.6 Å². The van der Waals surface area contributed by atoms with E-state index >= 15 is 0 Å². The summed E-state index contributed by atoms with van der Waals surface area (Å²) in [4.78, 5) is 2.91. The predicted molar refractivity (Wildman–Crippen MR) is 89.0 cm³/mol. The van der Waals surface area contributed by atoms with E-state index in [0.29, 0.717) is 16.8 Å². The van der Waals surface area contributed by atoms with Crippen LogP contribution in [0.1, 0.15) is 38.8 Å². The lowest BCUT2D eigenvalue weighted by atomic mass is 10.0. The summed E-state index contributed by atoms with van der Waals surface area (Å²) in [6, 6.07) is 6.18. The molecule has 0 radical (unpaired) electrons. The fourth-order valence-electron chi connectivity index (χ4n) is 2.42. The maximum Gasteiger partial charge on any atom is 0.106 e. The second-order valence-electron chi connectivity index (χ2n) is 6.03. The molecule has 106 valence electrons. The number of anilines is 1. The van der Waals surface area contributed by atoms with E-state index in [1.807, 2.05) is 12.1 Å². The van der Waals surface area contributed by atoms with Gasteiger partial charge in [-0.2, -0.15) is 0 Å². The Balaban J connectivity index is 3.23. The molecule has 0 aromatic heterocycles. The first-order valence-corrected chi connectivity index (χ1v) is 7.38. The highest BCUT2D eigenvalue weighted by atomic mass is 32.1. The molecule has 0 aliphatic rings. The Hall–Kier alpha value is -1.09. The summed E-state index contributed by atoms with van der Waals surface area (Å²) in [6.45, 7) is 13.2. The maximum absolute atomic E-state index is 5.89. The lowest BCUT2D eigenvalue weighted by molar-refractivity contribution is 0.552. The van der Waals surface area contributed by atoms with Crippen LogP contribution in [0.15, 0.2) is 18.2 Å². The number of aryl methyl sites for hydroxylation is 1. The van der Waals surface area contributed by atoms with Crippen molar-refractivity contribution in [2.24, 2.45) is 17.6 Å². The molecule has 19 heavy (non-hydrogen) atoms. The van der Waals surface area contributed by atoms with Crippen LogP contribution >= 0.6 is 12.2 Å². The van der Waals surface area contributed by atoms with E-state index in [4.69, 9.17) is 18.0 Å². The monoisotopic (exact) mass is 278 g/mol. The van der Waals surface area contributed by atoms with Gasteiger partial charge in [0.05, 0.1) is 0 Å². The van der Waals surface area contributed by atoms with Crippen LogP contribution in [-0.4, -0.2) is 18.1 Å². The fraction of sp³-hybridized carbons (Fsp3) is 0.562. The normalized spacial score (nSPS) is 11.1. The lowest BCUT2D eigenvalue weighted by Gasteiger charge is -2.31. The van der Waals surface area contributed by atoms with E-state index in [9.17, 15) is 0 Å². The summed E-state index contributed by atoms with van der Waals surface area (Å²) >= 11 is 5.21. The zero-order chi connectivity index (χ0) is 14.6. The van der Waals surface area contributed by atoms with E-state index in [1.165, 1.54) is 11.3 Å². The van der Waals surface area contributed by atoms with Gasteiger partial charge in [-0.1, -0.05) is 52.0 Å². The maximum atomic E-state index is 5.89. The molecule has 1 aromatic carbocycles. The van der Waals surface area contributed by atoms with Gasteiger partial charge < -0.3 is 10.6 Å². The van der Waals surface area contributed by atoms with Crippen LogP contribution in [0.4, 0.5) is 5.69 Å². The molecule has 2 nitrogen and oxygen atoms in total. The number of hydrogen-bond donors (Lipinski definition) is 1. The zero-order valence-electron chi connectivity index (χ0n) is 12.7. The molecule has 0 saturated heterocycles. The number of nitrogens with zero attached hydrogens (tertiary/aromatic N) is 1. The van der Waals surface area contributed by atoms with Crippen molar-refractivity contribution < 1.29 is 0 Å². The van der Waals surface area contributed by atoms with Crippen molar-refractivity contribution in [1.82, 2.24) is 0 Å². The number of para-hydroxylation sites is 1. The Morgan fingerprint density at radius 2 is 1.68 bits per heavy atom. The van der Waals surface area contributed by atoms with Crippen molar-refractivity contribution in [1.29, 1.82) is 0 Å². The van der Waals surface area contributed by atoms with Gasteiger partial charge in [-0.15, -0.1) is 0 Å². The van der Waals surface area contributed by atoms with Crippen molar-refractivity contribution >= 4 is 22.9 Å². The van der Waals surface area contributed by atoms with Gasteiger partial charge in [0.2, 0.25) is 0 Å². The Labute approximate surface area is 123 Å². The topological polar surface area (TPSA) is 29.3 Å². The minimum atomic E-state index is 0.483. The highest BCUT2D eigenvalue weighted by Crippen LogP contribution is 2.27. The minimum absolute atomic E-state index is 0.483. The number of rotatable bonds is 6. The van der Waals surface area contributed by atoms with Crippen molar-refractivity contribution in [3.63, 3.8) is 0 Å². The molecular formula is C16H26N2S. The van der Waals surface area contributed by atoms with Gasteiger partial charge in [-0.3, -0.25) is 0 Å². The van der Waals surface area contributed by atoms with Crippen molar-refractivity contribution in [2.45, 2.75) is 34.6 Å². The molecule has 0 aliphatic heterocycles. The summed E-state index contributed by atoms with van der Waals surface area (Å²) in [7, 11) is 0. The number of benzene rings is 1. The molecule has 0 amide bonds. The minimum Gasteiger partial charge on any atom is -0.389 e. The van der Waals surface area contributed by atoms with Crippen LogP contribution in [-0.2, 0) is 0 Å². The van der Waals surface area contributed by atoms with Crippen LogP contribution in [0.2, 0.25) is 0 Å². The van der Waals surface area contributed by atoms with Crippen molar-refractivity contribution in [3.05, 3.63) is 29.3 Å². The molecule has 0 heterocycles. The molecular weight excluding hydrogens is 252 g/mol. The van der Waals surface area contributed by atoms with Crippen molar-refractivity contribution in [3.8, 4) is 0 Å². The first-order valence-electron chi connectivity index (χ1n) is 6.97. The molecule has 0 unspecified atom stereocenters. The molecule has 0 bridgehead atoms. The summed E-state index contributed by atoms with van der Waals surface area (Å²) in [5, 5.41) is 0. The van der Waals surface area contributed by atoms with Crippen LogP contribution < -0.4 is 10.6 Å². The Kier molecular flexibility index (Phi) is 5.80. The number of hydrogen-bond acceptors (Lipinski definition) is 2. The van der Waals surface area contributed by atoms with E-state index in [0.717, 1.165) is 18.7 Å². The number of nitrogens with two attached hydrogens (primary N) is 1. The van der Waals surface area contributed by atoms with Crippen LogP contribution in [0.3, 0.4) is 0 Å². The highest BCUT2D eigenvalue weighted by Gasteiger charge is 2.17. The Morgan fingerprint density at radius 1 is 1.16 bits per heavy atom.